The van der Waals surface area contributed by atoms with Gasteiger partial charge in [0.15, 0.2) is 0 Å². The summed E-state index contributed by atoms with van der Waals surface area (Å²) in [4.78, 5) is 4.22. The minimum Gasteiger partial charge on any atom is -0.381 e. The summed E-state index contributed by atoms with van der Waals surface area (Å²) in [5, 5.41) is 5.99. The molecule has 0 saturated carbocycles. The van der Waals surface area contributed by atoms with Crippen LogP contribution < -0.4 is 10.6 Å². The number of ether oxygens (including phenoxy) is 1. The molecule has 2 rings (SSSR count). The van der Waals surface area contributed by atoms with Gasteiger partial charge in [-0.2, -0.15) is 13.2 Å². The fourth-order valence-electron chi connectivity index (χ4n) is 2.16. The average Bonchev–Trinajstić information content (AvgIpc) is 2.45. The fraction of sp³-hybridized carbons (Fsp3) is 0.643. The Hall–Kier alpha value is -1.50. The highest BCUT2D eigenvalue weighted by Gasteiger charge is 2.32. The molecule has 0 atom stereocenters. The van der Waals surface area contributed by atoms with Crippen LogP contribution in [0, 0.1) is 0 Å². The molecule has 0 amide bonds. The lowest BCUT2D eigenvalue weighted by Crippen LogP contribution is -2.28. The third-order valence-corrected chi connectivity index (χ3v) is 3.28. The monoisotopic (exact) mass is 303 g/mol. The summed E-state index contributed by atoms with van der Waals surface area (Å²) in [5.41, 5.74) is -0.689. The summed E-state index contributed by atoms with van der Waals surface area (Å²) in [7, 11) is 0. The largest absolute Gasteiger partial charge is 0.416 e. The summed E-state index contributed by atoms with van der Waals surface area (Å²) < 4.78 is 44.1. The molecule has 2 N–H and O–H groups in total. The zero-order chi connectivity index (χ0) is 15.3. The van der Waals surface area contributed by atoms with E-state index in [-0.39, 0.29) is 17.7 Å². The molecule has 0 aromatic carbocycles. The molecule has 1 aromatic heterocycles. The van der Waals surface area contributed by atoms with Crippen molar-refractivity contribution in [3.8, 4) is 0 Å². The smallest absolute Gasteiger partial charge is 0.381 e. The van der Waals surface area contributed by atoms with Crippen LogP contribution in [0.5, 0.6) is 0 Å². The highest BCUT2D eigenvalue weighted by Crippen LogP contribution is 2.32. The van der Waals surface area contributed by atoms with Gasteiger partial charge in [0.1, 0.15) is 11.6 Å². The van der Waals surface area contributed by atoms with E-state index in [2.05, 4.69) is 15.6 Å². The van der Waals surface area contributed by atoms with E-state index in [0.29, 0.717) is 19.8 Å². The molecule has 4 nitrogen and oxygen atoms in total. The second kappa shape index (κ2) is 6.98. The van der Waals surface area contributed by atoms with Gasteiger partial charge >= 0.3 is 6.18 Å². The normalized spacial score (nSPS) is 16.8. The molecule has 0 unspecified atom stereocenters. The second-order valence-corrected chi connectivity index (χ2v) is 5.08. The van der Waals surface area contributed by atoms with E-state index in [1.165, 1.54) is 0 Å². The van der Waals surface area contributed by atoms with Crippen LogP contribution in [-0.2, 0) is 10.9 Å². The zero-order valence-electron chi connectivity index (χ0n) is 12.0. The molecule has 1 aromatic rings. The number of nitrogens with zero attached hydrogens (tertiary/aromatic N) is 1. The molecule has 0 radical (unpaired) electrons. The van der Waals surface area contributed by atoms with Crippen LogP contribution in [0.2, 0.25) is 0 Å². The first-order valence-corrected chi connectivity index (χ1v) is 7.16. The van der Waals surface area contributed by atoms with Gasteiger partial charge in [0, 0.05) is 25.8 Å². The van der Waals surface area contributed by atoms with Gasteiger partial charge in [-0.05, 0) is 31.4 Å². The Morgan fingerprint density at radius 2 is 1.90 bits per heavy atom. The van der Waals surface area contributed by atoms with Crippen molar-refractivity contribution < 1.29 is 17.9 Å². The van der Waals surface area contributed by atoms with Crippen molar-refractivity contribution in [2.75, 3.05) is 30.4 Å². The Morgan fingerprint density at radius 3 is 2.52 bits per heavy atom. The Balaban J connectivity index is 2.17. The van der Waals surface area contributed by atoms with Crippen LogP contribution in [0.25, 0.3) is 0 Å². The molecule has 0 aliphatic carbocycles. The van der Waals surface area contributed by atoms with Crippen LogP contribution in [-0.4, -0.2) is 30.8 Å². The number of rotatable bonds is 5. The average molecular weight is 303 g/mol. The fourth-order valence-corrected chi connectivity index (χ4v) is 2.16. The third-order valence-electron chi connectivity index (χ3n) is 3.28. The van der Waals surface area contributed by atoms with Gasteiger partial charge in [0.2, 0.25) is 0 Å². The molecule has 1 saturated heterocycles. The molecule has 1 fully saturated rings. The summed E-state index contributed by atoms with van der Waals surface area (Å²) in [6, 6.07) is 2.21. The number of anilines is 2. The van der Waals surface area contributed by atoms with Crippen molar-refractivity contribution in [2.24, 2.45) is 0 Å². The maximum Gasteiger partial charge on any atom is 0.416 e. The number of pyridine rings is 1. The Kier molecular flexibility index (Phi) is 5.27. The van der Waals surface area contributed by atoms with Crippen LogP contribution in [0.4, 0.5) is 24.8 Å². The van der Waals surface area contributed by atoms with Gasteiger partial charge < -0.3 is 15.4 Å². The quantitative estimate of drug-likeness (QED) is 0.874. The number of hydrogen-bond acceptors (Lipinski definition) is 4. The molecule has 0 bridgehead atoms. The first-order chi connectivity index (χ1) is 9.99. The van der Waals surface area contributed by atoms with E-state index in [1.54, 1.807) is 0 Å². The molecule has 21 heavy (non-hydrogen) atoms. The Morgan fingerprint density at radius 1 is 1.24 bits per heavy atom. The van der Waals surface area contributed by atoms with E-state index in [4.69, 9.17) is 4.74 Å². The summed E-state index contributed by atoms with van der Waals surface area (Å²) in [5.74, 6) is 0.511. The van der Waals surface area contributed by atoms with E-state index >= 15 is 0 Å². The summed E-state index contributed by atoms with van der Waals surface area (Å²) in [6.07, 6.45) is -2.01. The number of nitrogens with one attached hydrogen (secondary N) is 2. The molecule has 2 heterocycles. The molecular formula is C14H20F3N3O. The van der Waals surface area contributed by atoms with E-state index in [1.807, 2.05) is 6.92 Å². The van der Waals surface area contributed by atoms with Gasteiger partial charge in [-0.25, -0.2) is 4.98 Å². The van der Waals surface area contributed by atoms with Gasteiger partial charge in [-0.3, -0.25) is 0 Å². The van der Waals surface area contributed by atoms with Crippen LogP contribution in [0.15, 0.2) is 12.1 Å². The van der Waals surface area contributed by atoms with Crippen LogP contribution in [0.1, 0.15) is 31.7 Å². The van der Waals surface area contributed by atoms with E-state index < -0.39 is 11.7 Å². The van der Waals surface area contributed by atoms with Crippen molar-refractivity contribution in [3.63, 3.8) is 0 Å². The Labute approximate surface area is 122 Å². The lowest BCUT2D eigenvalue weighted by molar-refractivity contribution is -0.137. The lowest BCUT2D eigenvalue weighted by Gasteiger charge is -2.24. The first-order valence-electron chi connectivity index (χ1n) is 7.16. The van der Waals surface area contributed by atoms with E-state index in [9.17, 15) is 13.2 Å². The molecule has 1 aliphatic heterocycles. The molecular weight excluding hydrogens is 283 g/mol. The SMILES string of the molecule is CCCNc1cc(C(F)(F)F)cc(NC2CCOCC2)n1. The number of aromatic nitrogens is 1. The zero-order valence-corrected chi connectivity index (χ0v) is 12.0. The second-order valence-electron chi connectivity index (χ2n) is 5.08. The maximum absolute atomic E-state index is 12.9. The molecule has 118 valence electrons. The van der Waals surface area contributed by atoms with Gasteiger partial charge in [0.25, 0.3) is 0 Å². The third kappa shape index (κ3) is 4.77. The predicted molar refractivity (Wildman–Crippen MR) is 75.5 cm³/mol. The summed E-state index contributed by atoms with van der Waals surface area (Å²) in [6.45, 7) is 3.78. The van der Waals surface area contributed by atoms with Gasteiger partial charge in [-0.1, -0.05) is 6.92 Å². The number of alkyl halides is 3. The van der Waals surface area contributed by atoms with Crippen molar-refractivity contribution in [1.29, 1.82) is 0 Å². The Bertz CT molecular complexity index is 459. The minimum atomic E-state index is -4.38. The molecule has 7 heteroatoms. The maximum atomic E-state index is 12.9. The standard InChI is InChI=1S/C14H20F3N3O/c1-2-5-18-12-8-10(14(15,16)17)9-13(20-12)19-11-3-6-21-7-4-11/h8-9,11H,2-7H2,1H3,(H2,18,19,20). The van der Waals surface area contributed by atoms with Gasteiger partial charge in [-0.15, -0.1) is 0 Å². The summed E-state index contributed by atoms with van der Waals surface area (Å²) >= 11 is 0. The number of hydrogen-bond donors (Lipinski definition) is 2. The van der Waals surface area contributed by atoms with Crippen molar-refractivity contribution in [3.05, 3.63) is 17.7 Å². The van der Waals surface area contributed by atoms with Crippen LogP contribution in [0.3, 0.4) is 0 Å². The van der Waals surface area contributed by atoms with Crippen molar-refractivity contribution in [2.45, 2.75) is 38.4 Å². The topological polar surface area (TPSA) is 46.2 Å². The van der Waals surface area contributed by atoms with Crippen molar-refractivity contribution in [1.82, 2.24) is 4.98 Å². The first kappa shape index (κ1) is 15.9. The van der Waals surface area contributed by atoms with Crippen molar-refractivity contribution >= 4 is 11.6 Å². The van der Waals surface area contributed by atoms with Gasteiger partial charge in [0.05, 0.1) is 5.56 Å². The number of halogens is 3. The lowest BCUT2D eigenvalue weighted by atomic mass is 10.1. The van der Waals surface area contributed by atoms with E-state index in [0.717, 1.165) is 31.4 Å². The van der Waals surface area contributed by atoms with Crippen LogP contribution >= 0.6 is 0 Å². The molecule has 1 aliphatic rings. The highest BCUT2D eigenvalue weighted by atomic mass is 19.4. The minimum absolute atomic E-state index is 0.105. The highest BCUT2D eigenvalue weighted by molar-refractivity contribution is 5.50. The predicted octanol–water partition coefficient (Wildman–Crippen LogP) is 3.51. The molecule has 0 spiro atoms.